The molecule has 0 radical (unpaired) electrons. The number of carbonyl (C=O) groups excluding carboxylic acids is 1. The molecule has 2 aliphatic heterocycles. The van der Waals surface area contributed by atoms with Crippen LogP contribution in [0.15, 0.2) is 18.3 Å². The lowest BCUT2D eigenvalue weighted by atomic mass is 9.95. The standard InChI is InChI=1S/C18H24ClN3O2.ClH/c19-14-3-4-17(20-9-14)22-10-15(12-1-2-12)16(11-22)21-18(23)13-5-7-24-8-6-13;/h3-4,9,12-13,15-16H,1-2,5-8,10-11H2,(H,21,23);1H/t15-,16+;/m1./s1. The van der Waals surface area contributed by atoms with Crippen LogP contribution in [-0.2, 0) is 9.53 Å². The number of halogens is 2. The summed E-state index contributed by atoms with van der Waals surface area (Å²) >= 11 is 5.94. The van der Waals surface area contributed by atoms with Crippen LogP contribution in [0.2, 0.25) is 5.02 Å². The van der Waals surface area contributed by atoms with Gasteiger partial charge in [0.05, 0.1) is 11.1 Å². The topological polar surface area (TPSA) is 54.5 Å². The van der Waals surface area contributed by atoms with Crippen LogP contribution in [0.5, 0.6) is 0 Å². The van der Waals surface area contributed by atoms with Crippen molar-refractivity contribution >= 4 is 35.7 Å². The quantitative estimate of drug-likeness (QED) is 0.865. The first-order valence-corrected chi connectivity index (χ1v) is 9.33. The fourth-order valence-electron chi connectivity index (χ4n) is 3.99. The molecule has 138 valence electrons. The molecule has 3 heterocycles. The van der Waals surface area contributed by atoms with E-state index in [1.165, 1.54) is 12.8 Å². The molecule has 2 saturated heterocycles. The average molecular weight is 386 g/mol. The highest BCUT2D eigenvalue weighted by molar-refractivity contribution is 6.30. The molecular formula is C18H25Cl2N3O2. The van der Waals surface area contributed by atoms with E-state index >= 15 is 0 Å². The lowest BCUT2D eigenvalue weighted by molar-refractivity contribution is -0.128. The predicted octanol–water partition coefficient (Wildman–Crippen LogP) is 2.91. The first kappa shape index (κ1) is 18.7. The minimum Gasteiger partial charge on any atom is -0.381 e. The summed E-state index contributed by atoms with van der Waals surface area (Å²) in [5, 5.41) is 3.99. The molecular weight excluding hydrogens is 361 g/mol. The Morgan fingerprint density at radius 1 is 1.20 bits per heavy atom. The molecule has 2 atom stereocenters. The number of rotatable bonds is 4. The number of nitrogens with one attached hydrogen (secondary N) is 1. The van der Waals surface area contributed by atoms with Gasteiger partial charge in [0.25, 0.3) is 0 Å². The van der Waals surface area contributed by atoms with Gasteiger partial charge in [-0.1, -0.05) is 11.6 Å². The Morgan fingerprint density at radius 2 is 1.96 bits per heavy atom. The van der Waals surface area contributed by atoms with E-state index in [1.54, 1.807) is 6.20 Å². The van der Waals surface area contributed by atoms with E-state index < -0.39 is 0 Å². The number of pyridine rings is 1. The van der Waals surface area contributed by atoms with E-state index in [9.17, 15) is 4.79 Å². The van der Waals surface area contributed by atoms with E-state index in [0.717, 1.165) is 37.7 Å². The molecule has 0 bridgehead atoms. The highest BCUT2D eigenvalue weighted by atomic mass is 35.5. The van der Waals surface area contributed by atoms with Gasteiger partial charge in [0.15, 0.2) is 0 Å². The molecule has 1 aliphatic carbocycles. The van der Waals surface area contributed by atoms with Crippen molar-refractivity contribution in [3.8, 4) is 0 Å². The molecule has 1 amide bonds. The van der Waals surface area contributed by atoms with Crippen molar-refractivity contribution in [2.24, 2.45) is 17.8 Å². The maximum Gasteiger partial charge on any atom is 0.223 e. The van der Waals surface area contributed by atoms with Gasteiger partial charge in [-0.3, -0.25) is 4.79 Å². The maximum absolute atomic E-state index is 12.6. The van der Waals surface area contributed by atoms with Crippen molar-refractivity contribution in [1.29, 1.82) is 0 Å². The lowest BCUT2D eigenvalue weighted by Gasteiger charge is -2.25. The van der Waals surface area contributed by atoms with Crippen LogP contribution in [0.1, 0.15) is 25.7 Å². The Morgan fingerprint density at radius 3 is 2.60 bits per heavy atom. The Balaban J connectivity index is 0.00000182. The largest absolute Gasteiger partial charge is 0.381 e. The Kier molecular flexibility index (Phi) is 6.08. The summed E-state index contributed by atoms with van der Waals surface area (Å²) in [4.78, 5) is 19.3. The van der Waals surface area contributed by atoms with Crippen LogP contribution in [-0.4, -0.2) is 43.2 Å². The van der Waals surface area contributed by atoms with Crippen molar-refractivity contribution in [1.82, 2.24) is 10.3 Å². The number of amides is 1. The maximum atomic E-state index is 12.6. The van der Waals surface area contributed by atoms with Crippen molar-refractivity contribution in [2.45, 2.75) is 31.7 Å². The van der Waals surface area contributed by atoms with Crippen LogP contribution in [0.25, 0.3) is 0 Å². The first-order chi connectivity index (χ1) is 11.7. The highest BCUT2D eigenvalue weighted by Crippen LogP contribution is 2.42. The Hall–Kier alpha value is -1.04. The highest BCUT2D eigenvalue weighted by Gasteiger charge is 2.43. The molecule has 3 aliphatic rings. The van der Waals surface area contributed by atoms with Crippen LogP contribution >= 0.6 is 24.0 Å². The van der Waals surface area contributed by atoms with Gasteiger partial charge in [-0.25, -0.2) is 4.98 Å². The van der Waals surface area contributed by atoms with Gasteiger partial charge < -0.3 is 15.0 Å². The van der Waals surface area contributed by atoms with Crippen molar-refractivity contribution in [3.63, 3.8) is 0 Å². The second-order valence-electron chi connectivity index (χ2n) is 7.24. The lowest BCUT2D eigenvalue weighted by Crippen LogP contribution is -2.45. The first-order valence-electron chi connectivity index (χ1n) is 8.95. The Bertz CT molecular complexity index is 588. The average Bonchev–Trinajstić information content (AvgIpc) is 3.37. The zero-order valence-electron chi connectivity index (χ0n) is 14.2. The number of carbonyl (C=O) groups is 1. The number of hydrogen-bond donors (Lipinski definition) is 1. The van der Waals surface area contributed by atoms with Gasteiger partial charge in [-0.2, -0.15) is 0 Å². The fraction of sp³-hybridized carbons (Fsp3) is 0.667. The predicted molar refractivity (Wildman–Crippen MR) is 100 cm³/mol. The molecule has 1 N–H and O–H groups in total. The Labute approximate surface area is 159 Å². The molecule has 4 rings (SSSR count). The van der Waals surface area contributed by atoms with Gasteiger partial charge in [0.1, 0.15) is 5.82 Å². The minimum atomic E-state index is 0. The van der Waals surface area contributed by atoms with E-state index in [0.29, 0.717) is 24.2 Å². The molecule has 0 aromatic carbocycles. The number of nitrogens with zero attached hydrogens (tertiary/aromatic N) is 2. The van der Waals surface area contributed by atoms with Gasteiger partial charge in [0, 0.05) is 44.3 Å². The van der Waals surface area contributed by atoms with Crippen LogP contribution in [0.3, 0.4) is 0 Å². The summed E-state index contributed by atoms with van der Waals surface area (Å²) < 4.78 is 5.37. The van der Waals surface area contributed by atoms with Gasteiger partial charge in [0.2, 0.25) is 5.91 Å². The monoisotopic (exact) mass is 385 g/mol. The number of hydrogen-bond acceptors (Lipinski definition) is 4. The molecule has 3 fully saturated rings. The second kappa shape index (κ2) is 8.11. The number of anilines is 1. The summed E-state index contributed by atoms with van der Waals surface area (Å²) in [6.45, 7) is 3.22. The molecule has 5 nitrogen and oxygen atoms in total. The molecule has 1 saturated carbocycles. The molecule has 0 spiro atoms. The normalized spacial score (nSPS) is 27.0. The zero-order chi connectivity index (χ0) is 16.5. The van der Waals surface area contributed by atoms with E-state index in [4.69, 9.17) is 16.3 Å². The smallest absolute Gasteiger partial charge is 0.223 e. The van der Waals surface area contributed by atoms with Crippen LogP contribution < -0.4 is 10.2 Å². The zero-order valence-corrected chi connectivity index (χ0v) is 15.8. The van der Waals surface area contributed by atoms with E-state index in [-0.39, 0.29) is 30.3 Å². The third-order valence-electron chi connectivity index (χ3n) is 5.55. The summed E-state index contributed by atoms with van der Waals surface area (Å²) in [5.74, 6) is 2.56. The van der Waals surface area contributed by atoms with E-state index in [2.05, 4.69) is 15.2 Å². The van der Waals surface area contributed by atoms with Crippen LogP contribution in [0, 0.1) is 17.8 Å². The SMILES string of the molecule is Cl.O=C(N[C@H]1CN(c2ccc(Cl)cn2)C[C@@H]1C1CC1)C1CCOCC1. The summed E-state index contributed by atoms with van der Waals surface area (Å²) in [7, 11) is 0. The third kappa shape index (κ3) is 4.39. The van der Waals surface area contributed by atoms with Crippen molar-refractivity contribution < 1.29 is 9.53 Å². The molecule has 7 heteroatoms. The van der Waals surface area contributed by atoms with Crippen molar-refractivity contribution in [2.75, 3.05) is 31.2 Å². The number of aromatic nitrogens is 1. The summed E-state index contributed by atoms with van der Waals surface area (Å²) in [6.07, 6.45) is 5.95. The number of ether oxygens (including phenoxy) is 1. The molecule has 1 aromatic rings. The van der Waals surface area contributed by atoms with Crippen molar-refractivity contribution in [3.05, 3.63) is 23.4 Å². The van der Waals surface area contributed by atoms with Gasteiger partial charge >= 0.3 is 0 Å². The van der Waals surface area contributed by atoms with Gasteiger partial charge in [-0.05, 0) is 43.7 Å². The minimum absolute atomic E-state index is 0. The van der Waals surface area contributed by atoms with Crippen LogP contribution in [0.4, 0.5) is 5.82 Å². The second-order valence-corrected chi connectivity index (χ2v) is 7.68. The summed E-state index contributed by atoms with van der Waals surface area (Å²) in [5.41, 5.74) is 0. The van der Waals surface area contributed by atoms with E-state index in [1.807, 2.05) is 12.1 Å². The third-order valence-corrected chi connectivity index (χ3v) is 5.77. The fourth-order valence-corrected chi connectivity index (χ4v) is 4.10. The molecule has 0 unspecified atom stereocenters. The van der Waals surface area contributed by atoms with Gasteiger partial charge in [-0.15, -0.1) is 12.4 Å². The molecule has 25 heavy (non-hydrogen) atoms. The summed E-state index contributed by atoms with van der Waals surface area (Å²) in [6, 6.07) is 4.07. The molecule has 1 aromatic heterocycles.